The molecule has 0 amide bonds. The van der Waals surface area contributed by atoms with E-state index in [9.17, 15) is 13.2 Å². The van der Waals surface area contributed by atoms with Crippen LogP contribution in [0.1, 0.15) is 11.1 Å². The maximum atomic E-state index is 12.4. The first-order valence-corrected chi connectivity index (χ1v) is 4.52. The predicted molar refractivity (Wildman–Crippen MR) is 51.6 cm³/mol. The molecule has 0 radical (unpaired) electrons. The maximum absolute atomic E-state index is 12.4. The summed E-state index contributed by atoms with van der Waals surface area (Å²) in [6, 6.07) is 3.71. The van der Waals surface area contributed by atoms with Crippen molar-refractivity contribution in [3.63, 3.8) is 0 Å². The Hall–Kier alpha value is -1.21. The van der Waals surface area contributed by atoms with E-state index in [-0.39, 0.29) is 11.6 Å². The van der Waals surface area contributed by atoms with E-state index in [4.69, 9.17) is 18.2 Å². The van der Waals surface area contributed by atoms with Crippen LogP contribution in [0.15, 0.2) is 18.2 Å². The molecule has 0 saturated heterocycles. The van der Waals surface area contributed by atoms with Crippen molar-refractivity contribution in [2.45, 2.75) is 12.6 Å². The van der Waals surface area contributed by atoms with Crippen LogP contribution in [-0.4, -0.2) is 6.54 Å². The van der Waals surface area contributed by atoms with Gasteiger partial charge in [0, 0.05) is 6.42 Å². The highest BCUT2D eigenvalue weighted by Crippen LogP contribution is 2.35. The summed E-state index contributed by atoms with van der Waals surface area (Å²) >= 11 is 5.43. The van der Waals surface area contributed by atoms with E-state index in [1.165, 1.54) is 12.1 Å². The third-order valence-corrected chi connectivity index (χ3v) is 2.18. The molecule has 0 aliphatic heterocycles. The third kappa shape index (κ3) is 3.14. The fourth-order valence-corrected chi connectivity index (χ4v) is 1.35. The molecule has 1 aromatic carbocycles. The van der Waals surface area contributed by atoms with Crippen LogP contribution in [0.25, 0.3) is 4.85 Å². The van der Waals surface area contributed by atoms with Gasteiger partial charge in [-0.05, 0) is 17.7 Å². The standard InChI is InChI=1S/C10H7ClF3N/c1-15-5-4-7-2-3-9(11)8(6-7)10(12,13)14/h2-3,6H,4-5H2. The highest BCUT2D eigenvalue weighted by atomic mass is 35.5. The Bertz CT molecular complexity index is 393. The number of benzene rings is 1. The van der Waals surface area contributed by atoms with Crippen LogP contribution < -0.4 is 0 Å². The minimum absolute atomic E-state index is 0.179. The van der Waals surface area contributed by atoms with Crippen molar-refractivity contribution in [3.8, 4) is 0 Å². The van der Waals surface area contributed by atoms with E-state index >= 15 is 0 Å². The average molecular weight is 234 g/mol. The van der Waals surface area contributed by atoms with Crippen molar-refractivity contribution in [3.05, 3.63) is 45.8 Å². The number of nitrogens with zero attached hydrogens (tertiary/aromatic N) is 1. The van der Waals surface area contributed by atoms with Crippen LogP contribution in [0.3, 0.4) is 0 Å². The van der Waals surface area contributed by atoms with Gasteiger partial charge >= 0.3 is 6.18 Å². The number of hydrogen-bond donors (Lipinski definition) is 0. The molecule has 80 valence electrons. The minimum atomic E-state index is -4.44. The second kappa shape index (κ2) is 4.54. The van der Waals surface area contributed by atoms with Crippen LogP contribution in [0, 0.1) is 6.57 Å². The van der Waals surface area contributed by atoms with Crippen molar-refractivity contribution >= 4 is 11.6 Å². The first-order valence-electron chi connectivity index (χ1n) is 4.14. The van der Waals surface area contributed by atoms with E-state index in [0.29, 0.717) is 12.0 Å². The van der Waals surface area contributed by atoms with Gasteiger partial charge in [-0.25, -0.2) is 6.57 Å². The average Bonchev–Trinajstić information content (AvgIpc) is 2.15. The van der Waals surface area contributed by atoms with Crippen molar-refractivity contribution in [2.24, 2.45) is 0 Å². The second-order valence-electron chi connectivity index (χ2n) is 2.94. The van der Waals surface area contributed by atoms with Gasteiger partial charge in [0.2, 0.25) is 6.54 Å². The summed E-state index contributed by atoms with van der Waals surface area (Å²) in [5.41, 5.74) is -0.366. The van der Waals surface area contributed by atoms with E-state index in [2.05, 4.69) is 4.85 Å². The molecular weight excluding hydrogens is 227 g/mol. The Kier molecular flexibility index (Phi) is 3.59. The summed E-state index contributed by atoms with van der Waals surface area (Å²) in [7, 11) is 0. The molecular formula is C10H7ClF3N. The van der Waals surface area contributed by atoms with Crippen molar-refractivity contribution < 1.29 is 13.2 Å². The fourth-order valence-electron chi connectivity index (χ4n) is 1.13. The van der Waals surface area contributed by atoms with Crippen LogP contribution >= 0.6 is 11.6 Å². The summed E-state index contributed by atoms with van der Waals surface area (Å²) < 4.78 is 37.2. The van der Waals surface area contributed by atoms with Gasteiger partial charge in [0.15, 0.2) is 0 Å². The largest absolute Gasteiger partial charge is 0.417 e. The molecule has 0 heterocycles. The molecule has 1 rings (SSSR count). The van der Waals surface area contributed by atoms with Crippen LogP contribution in [0.5, 0.6) is 0 Å². The highest BCUT2D eigenvalue weighted by molar-refractivity contribution is 6.31. The summed E-state index contributed by atoms with van der Waals surface area (Å²) in [6.07, 6.45) is -4.13. The number of hydrogen-bond acceptors (Lipinski definition) is 0. The normalized spacial score (nSPS) is 11.1. The smallest absolute Gasteiger partial charge is 0.317 e. The molecule has 15 heavy (non-hydrogen) atoms. The quantitative estimate of drug-likeness (QED) is 0.684. The van der Waals surface area contributed by atoms with Gasteiger partial charge in [-0.2, -0.15) is 13.2 Å². The maximum Gasteiger partial charge on any atom is 0.417 e. The molecule has 5 heteroatoms. The Morgan fingerprint density at radius 2 is 2.00 bits per heavy atom. The molecule has 1 aromatic rings. The molecule has 0 aromatic heterocycles. The molecule has 0 spiro atoms. The van der Waals surface area contributed by atoms with Crippen molar-refractivity contribution in [1.82, 2.24) is 0 Å². The topological polar surface area (TPSA) is 4.36 Å². The van der Waals surface area contributed by atoms with Gasteiger partial charge in [0.25, 0.3) is 0 Å². The van der Waals surface area contributed by atoms with Crippen LogP contribution in [0.4, 0.5) is 13.2 Å². The van der Waals surface area contributed by atoms with Crippen LogP contribution in [0.2, 0.25) is 5.02 Å². The van der Waals surface area contributed by atoms with Gasteiger partial charge in [0.1, 0.15) is 0 Å². The molecule has 0 fully saturated rings. The Morgan fingerprint density at radius 1 is 1.33 bits per heavy atom. The van der Waals surface area contributed by atoms with Crippen molar-refractivity contribution in [1.29, 1.82) is 0 Å². The zero-order valence-corrected chi connectivity index (χ0v) is 8.36. The Morgan fingerprint density at radius 3 is 2.53 bits per heavy atom. The van der Waals surface area contributed by atoms with Gasteiger partial charge in [-0.1, -0.05) is 17.7 Å². The second-order valence-corrected chi connectivity index (χ2v) is 3.35. The molecule has 0 saturated carbocycles. The molecule has 0 aliphatic carbocycles. The minimum Gasteiger partial charge on any atom is -0.317 e. The SMILES string of the molecule is [C-]#[N+]CCc1ccc(Cl)c(C(F)(F)F)c1. The van der Waals surface area contributed by atoms with Gasteiger partial charge in [-0.3, -0.25) is 0 Å². The lowest BCUT2D eigenvalue weighted by Gasteiger charge is -2.09. The fraction of sp³-hybridized carbons (Fsp3) is 0.300. The van der Waals surface area contributed by atoms with Gasteiger partial charge in [0.05, 0.1) is 10.6 Å². The molecule has 1 nitrogen and oxygen atoms in total. The first-order chi connectivity index (χ1) is 6.95. The van der Waals surface area contributed by atoms with Gasteiger partial charge < -0.3 is 4.85 Å². The summed E-state index contributed by atoms with van der Waals surface area (Å²) in [4.78, 5) is 3.08. The molecule has 0 aliphatic rings. The predicted octanol–water partition coefficient (Wildman–Crippen LogP) is 3.82. The van der Waals surface area contributed by atoms with Crippen LogP contribution in [-0.2, 0) is 12.6 Å². The van der Waals surface area contributed by atoms with E-state index in [1.54, 1.807) is 0 Å². The molecule has 0 N–H and O–H groups in total. The van der Waals surface area contributed by atoms with Crippen molar-refractivity contribution in [2.75, 3.05) is 6.54 Å². The summed E-state index contributed by atoms with van der Waals surface area (Å²) in [6.45, 7) is 6.73. The van der Waals surface area contributed by atoms with E-state index in [0.717, 1.165) is 6.07 Å². The number of alkyl halides is 3. The first kappa shape index (κ1) is 11.9. The number of rotatable bonds is 2. The molecule has 0 atom stereocenters. The molecule has 0 bridgehead atoms. The monoisotopic (exact) mass is 233 g/mol. The Labute approximate surface area is 90.3 Å². The Balaban J connectivity index is 3.02. The zero-order chi connectivity index (χ0) is 11.5. The lowest BCUT2D eigenvalue weighted by atomic mass is 10.1. The summed E-state index contributed by atoms with van der Waals surface area (Å²) in [5, 5.41) is -0.311. The van der Waals surface area contributed by atoms with Gasteiger partial charge in [-0.15, -0.1) is 0 Å². The zero-order valence-electron chi connectivity index (χ0n) is 7.61. The number of halogens is 4. The third-order valence-electron chi connectivity index (χ3n) is 1.85. The molecule has 0 unspecified atom stereocenters. The highest BCUT2D eigenvalue weighted by Gasteiger charge is 2.33. The summed E-state index contributed by atoms with van der Waals surface area (Å²) in [5.74, 6) is 0. The lowest BCUT2D eigenvalue weighted by Crippen LogP contribution is -2.06. The van der Waals surface area contributed by atoms with E-state index < -0.39 is 11.7 Å². The lowest BCUT2D eigenvalue weighted by molar-refractivity contribution is -0.137. The van der Waals surface area contributed by atoms with E-state index in [1.807, 2.05) is 0 Å².